The highest BCUT2D eigenvalue weighted by atomic mass is 16.5. The molecular weight excluding hydrogens is 198 g/mol. The van der Waals surface area contributed by atoms with Gasteiger partial charge >= 0.3 is 0 Å². The summed E-state index contributed by atoms with van der Waals surface area (Å²) >= 11 is 0. The largest absolute Gasteiger partial charge is 0.489 e. The standard InChI is InChI=1S/C14H17NO/c1-10-7-8-12(9-15)14(11(10)2)16-13-5-3-4-6-13/h7-8,13H,3-6H2,1-2H3. The van der Waals surface area contributed by atoms with Crippen molar-refractivity contribution in [1.29, 1.82) is 5.26 Å². The van der Waals surface area contributed by atoms with Gasteiger partial charge in [0.2, 0.25) is 0 Å². The lowest BCUT2D eigenvalue weighted by Gasteiger charge is -2.17. The molecule has 1 aromatic carbocycles. The predicted molar refractivity (Wildman–Crippen MR) is 63.5 cm³/mol. The van der Waals surface area contributed by atoms with Crippen molar-refractivity contribution < 1.29 is 4.74 Å². The second-order valence-electron chi connectivity index (χ2n) is 4.52. The molecule has 0 aliphatic heterocycles. The minimum atomic E-state index is 0.313. The van der Waals surface area contributed by atoms with E-state index in [0.29, 0.717) is 11.7 Å². The molecule has 2 heteroatoms. The van der Waals surface area contributed by atoms with Crippen LogP contribution in [0.5, 0.6) is 5.75 Å². The van der Waals surface area contributed by atoms with Gasteiger partial charge in [-0.1, -0.05) is 6.07 Å². The lowest BCUT2D eigenvalue weighted by atomic mass is 10.0. The third-order valence-corrected chi connectivity index (χ3v) is 3.38. The van der Waals surface area contributed by atoms with E-state index >= 15 is 0 Å². The Morgan fingerprint density at radius 2 is 1.94 bits per heavy atom. The molecule has 0 heterocycles. The average Bonchev–Trinajstić information content (AvgIpc) is 2.78. The molecule has 2 rings (SSSR count). The first-order valence-corrected chi connectivity index (χ1v) is 5.89. The summed E-state index contributed by atoms with van der Waals surface area (Å²) in [5.74, 6) is 0.800. The Morgan fingerprint density at radius 3 is 2.56 bits per heavy atom. The van der Waals surface area contributed by atoms with Gasteiger partial charge in [-0.15, -0.1) is 0 Å². The maximum absolute atomic E-state index is 9.08. The molecule has 1 fully saturated rings. The van der Waals surface area contributed by atoms with Crippen molar-refractivity contribution >= 4 is 0 Å². The zero-order valence-corrected chi connectivity index (χ0v) is 9.92. The Labute approximate surface area is 96.9 Å². The van der Waals surface area contributed by atoms with Crippen LogP contribution in [0, 0.1) is 25.2 Å². The molecule has 1 aliphatic rings. The van der Waals surface area contributed by atoms with E-state index in [1.807, 2.05) is 19.1 Å². The fourth-order valence-electron chi connectivity index (χ4n) is 2.20. The van der Waals surface area contributed by atoms with Crippen molar-refractivity contribution in [1.82, 2.24) is 0 Å². The molecule has 1 saturated carbocycles. The number of ether oxygens (including phenoxy) is 1. The highest BCUT2D eigenvalue weighted by Crippen LogP contribution is 2.30. The Kier molecular flexibility index (Phi) is 3.14. The van der Waals surface area contributed by atoms with E-state index in [0.717, 1.165) is 24.2 Å². The molecule has 0 atom stereocenters. The van der Waals surface area contributed by atoms with Crippen LogP contribution < -0.4 is 4.74 Å². The minimum absolute atomic E-state index is 0.313. The number of hydrogen-bond donors (Lipinski definition) is 0. The normalized spacial score (nSPS) is 16.1. The molecule has 0 spiro atoms. The first-order chi connectivity index (χ1) is 7.72. The van der Waals surface area contributed by atoms with E-state index in [4.69, 9.17) is 10.00 Å². The van der Waals surface area contributed by atoms with E-state index in [1.54, 1.807) is 0 Å². The van der Waals surface area contributed by atoms with Crippen LogP contribution in [0.4, 0.5) is 0 Å². The van der Waals surface area contributed by atoms with Crippen LogP contribution in [0.1, 0.15) is 42.4 Å². The fourth-order valence-corrected chi connectivity index (χ4v) is 2.20. The summed E-state index contributed by atoms with van der Waals surface area (Å²) in [7, 11) is 0. The van der Waals surface area contributed by atoms with Gasteiger partial charge in [0.05, 0.1) is 11.7 Å². The third kappa shape index (κ3) is 2.04. The number of hydrogen-bond acceptors (Lipinski definition) is 2. The molecule has 84 valence electrons. The summed E-state index contributed by atoms with van der Waals surface area (Å²) in [6, 6.07) is 6.05. The van der Waals surface area contributed by atoms with Crippen molar-refractivity contribution in [3.05, 3.63) is 28.8 Å². The monoisotopic (exact) mass is 215 g/mol. The molecule has 16 heavy (non-hydrogen) atoms. The first-order valence-electron chi connectivity index (χ1n) is 5.89. The molecule has 1 aromatic rings. The molecule has 2 nitrogen and oxygen atoms in total. The molecule has 1 aliphatic carbocycles. The summed E-state index contributed by atoms with van der Waals surface area (Å²) in [6.07, 6.45) is 5.05. The van der Waals surface area contributed by atoms with Gasteiger partial charge in [0.25, 0.3) is 0 Å². The zero-order chi connectivity index (χ0) is 11.5. The number of benzene rings is 1. The summed E-state index contributed by atoms with van der Waals surface area (Å²) in [4.78, 5) is 0. The van der Waals surface area contributed by atoms with Crippen molar-refractivity contribution in [2.24, 2.45) is 0 Å². The highest BCUT2D eigenvalue weighted by Gasteiger charge is 2.19. The quantitative estimate of drug-likeness (QED) is 0.756. The number of aryl methyl sites for hydroxylation is 1. The van der Waals surface area contributed by atoms with Crippen molar-refractivity contribution in [3.63, 3.8) is 0 Å². The van der Waals surface area contributed by atoms with Crippen LogP contribution in [-0.4, -0.2) is 6.10 Å². The predicted octanol–water partition coefficient (Wildman–Crippen LogP) is 3.50. The maximum atomic E-state index is 9.08. The van der Waals surface area contributed by atoms with Crippen molar-refractivity contribution in [3.8, 4) is 11.8 Å². The highest BCUT2D eigenvalue weighted by molar-refractivity contribution is 5.51. The Bertz CT molecular complexity index is 425. The molecular formula is C14H17NO. The average molecular weight is 215 g/mol. The molecule has 0 aromatic heterocycles. The second kappa shape index (κ2) is 4.57. The molecule has 0 bridgehead atoms. The van der Waals surface area contributed by atoms with Crippen molar-refractivity contribution in [2.45, 2.75) is 45.6 Å². The zero-order valence-electron chi connectivity index (χ0n) is 9.92. The molecule has 0 unspecified atom stereocenters. The molecule has 0 N–H and O–H groups in total. The molecule has 0 radical (unpaired) electrons. The lowest BCUT2D eigenvalue weighted by molar-refractivity contribution is 0.208. The fraction of sp³-hybridized carbons (Fsp3) is 0.500. The number of rotatable bonds is 2. The van der Waals surface area contributed by atoms with Gasteiger partial charge in [-0.3, -0.25) is 0 Å². The van der Waals surface area contributed by atoms with Gasteiger partial charge in [-0.2, -0.15) is 5.26 Å². The van der Waals surface area contributed by atoms with Gasteiger partial charge in [0.15, 0.2) is 0 Å². The maximum Gasteiger partial charge on any atom is 0.140 e. The van der Waals surface area contributed by atoms with Gasteiger partial charge < -0.3 is 4.74 Å². The molecule has 0 amide bonds. The summed E-state index contributed by atoms with van der Waals surface area (Å²) < 4.78 is 5.99. The smallest absolute Gasteiger partial charge is 0.140 e. The van der Waals surface area contributed by atoms with Gasteiger partial charge in [0, 0.05) is 0 Å². The van der Waals surface area contributed by atoms with Crippen LogP contribution >= 0.6 is 0 Å². The Morgan fingerprint density at radius 1 is 1.25 bits per heavy atom. The van der Waals surface area contributed by atoms with Gasteiger partial charge in [-0.25, -0.2) is 0 Å². The first kappa shape index (κ1) is 11.0. The topological polar surface area (TPSA) is 33.0 Å². The van der Waals surface area contributed by atoms with Gasteiger partial charge in [0.1, 0.15) is 11.8 Å². The van der Waals surface area contributed by atoms with E-state index in [9.17, 15) is 0 Å². The minimum Gasteiger partial charge on any atom is -0.489 e. The van der Waals surface area contributed by atoms with Crippen LogP contribution in [0.2, 0.25) is 0 Å². The van der Waals surface area contributed by atoms with E-state index in [2.05, 4.69) is 13.0 Å². The number of nitriles is 1. The number of nitrogens with zero attached hydrogens (tertiary/aromatic N) is 1. The van der Waals surface area contributed by atoms with Gasteiger partial charge in [-0.05, 0) is 56.7 Å². The summed E-state index contributed by atoms with van der Waals surface area (Å²) in [6.45, 7) is 4.08. The lowest BCUT2D eigenvalue weighted by Crippen LogP contribution is -2.13. The van der Waals surface area contributed by atoms with Crippen LogP contribution in [-0.2, 0) is 0 Å². The van der Waals surface area contributed by atoms with Crippen molar-refractivity contribution in [2.75, 3.05) is 0 Å². The van der Waals surface area contributed by atoms with Crippen LogP contribution in [0.25, 0.3) is 0 Å². The second-order valence-corrected chi connectivity index (χ2v) is 4.52. The molecule has 0 saturated heterocycles. The SMILES string of the molecule is Cc1ccc(C#N)c(OC2CCCC2)c1C. The van der Waals surface area contributed by atoms with E-state index in [-0.39, 0.29) is 0 Å². The van der Waals surface area contributed by atoms with Crippen LogP contribution in [0.3, 0.4) is 0 Å². The van der Waals surface area contributed by atoms with E-state index in [1.165, 1.54) is 18.4 Å². The van der Waals surface area contributed by atoms with Crippen LogP contribution in [0.15, 0.2) is 12.1 Å². The summed E-state index contributed by atoms with van der Waals surface area (Å²) in [5, 5.41) is 9.08. The summed E-state index contributed by atoms with van der Waals surface area (Å²) in [5.41, 5.74) is 2.95. The Hall–Kier alpha value is -1.49. The Balaban J connectivity index is 2.30. The third-order valence-electron chi connectivity index (χ3n) is 3.38. The van der Waals surface area contributed by atoms with E-state index < -0.39 is 0 Å².